The van der Waals surface area contributed by atoms with Gasteiger partial charge in [0.2, 0.25) is 0 Å². The standard InChI is InChI=1S/C12H18O2/c1-4-7-12(14)9-6-5-8(10(12)13)11(9,2)3/h4,8-9,14H,1,5-7H2,2-3H3/t8-,9-,12+/m0/s1. The third-order valence-corrected chi connectivity index (χ3v) is 4.32. The zero-order chi connectivity index (χ0) is 10.6. The Balaban J connectivity index is 2.40. The fourth-order valence-electron chi connectivity index (χ4n) is 3.58. The van der Waals surface area contributed by atoms with Gasteiger partial charge < -0.3 is 5.11 Å². The van der Waals surface area contributed by atoms with Gasteiger partial charge in [-0.05, 0) is 18.3 Å². The van der Waals surface area contributed by atoms with Crippen molar-refractivity contribution in [3.05, 3.63) is 12.7 Å². The summed E-state index contributed by atoms with van der Waals surface area (Å²) in [6, 6.07) is 0. The average molecular weight is 194 g/mol. The SMILES string of the molecule is C=CC[C@]1(O)C(=O)[C@@H]2CC[C@H]1C2(C)C. The van der Waals surface area contributed by atoms with Crippen LogP contribution in [0, 0.1) is 17.3 Å². The summed E-state index contributed by atoms with van der Waals surface area (Å²) in [7, 11) is 0. The Morgan fingerprint density at radius 3 is 2.64 bits per heavy atom. The van der Waals surface area contributed by atoms with E-state index >= 15 is 0 Å². The zero-order valence-electron chi connectivity index (χ0n) is 8.92. The van der Waals surface area contributed by atoms with Gasteiger partial charge >= 0.3 is 0 Å². The summed E-state index contributed by atoms with van der Waals surface area (Å²) in [6.07, 6.45) is 4.01. The van der Waals surface area contributed by atoms with E-state index in [1.165, 1.54) is 0 Å². The van der Waals surface area contributed by atoms with Crippen molar-refractivity contribution in [2.45, 2.75) is 38.7 Å². The van der Waals surface area contributed by atoms with E-state index in [2.05, 4.69) is 20.4 Å². The largest absolute Gasteiger partial charge is 0.381 e. The molecule has 0 saturated heterocycles. The maximum absolute atomic E-state index is 12.0. The Morgan fingerprint density at radius 1 is 1.57 bits per heavy atom. The van der Waals surface area contributed by atoms with Crippen LogP contribution in [-0.4, -0.2) is 16.5 Å². The van der Waals surface area contributed by atoms with Crippen molar-refractivity contribution in [3.63, 3.8) is 0 Å². The molecular weight excluding hydrogens is 176 g/mol. The minimum atomic E-state index is -1.10. The van der Waals surface area contributed by atoms with Crippen molar-refractivity contribution in [1.29, 1.82) is 0 Å². The number of aliphatic hydroxyl groups is 1. The fraction of sp³-hybridized carbons (Fsp3) is 0.750. The molecule has 14 heavy (non-hydrogen) atoms. The van der Waals surface area contributed by atoms with Crippen molar-refractivity contribution in [1.82, 2.24) is 0 Å². The van der Waals surface area contributed by atoms with E-state index in [-0.39, 0.29) is 23.0 Å². The van der Waals surface area contributed by atoms with Gasteiger partial charge in [0.15, 0.2) is 5.78 Å². The molecule has 78 valence electrons. The molecule has 2 aliphatic rings. The highest BCUT2D eigenvalue weighted by Gasteiger charge is 2.65. The second-order valence-corrected chi connectivity index (χ2v) is 5.29. The normalized spacial score (nSPS) is 44.4. The second kappa shape index (κ2) is 2.69. The van der Waals surface area contributed by atoms with Crippen molar-refractivity contribution in [3.8, 4) is 0 Å². The highest BCUT2D eigenvalue weighted by Crippen LogP contribution is 2.60. The minimum Gasteiger partial charge on any atom is -0.381 e. The predicted molar refractivity (Wildman–Crippen MR) is 54.8 cm³/mol. The highest BCUT2D eigenvalue weighted by molar-refractivity contribution is 5.94. The van der Waals surface area contributed by atoms with Gasteiger partial charge in [0.25, 0.3) is 0 Å². The van der Waals surface area contributed by atoms with E-state index in [1.807, 2.05) is 0 Å². The topological polar surface area (TPSA) is 37.3 Å². The first kappa shape index (κ1) is 9.91. The van der Waals surface area contributed by atoms with E-state index in [1.54, 1.807) is 6.08 Å². The van der Waals surface area contributed by atoms with Gasteiger partial charge in [-0.25, -0.2) is 0 Å². The first-order valence-corrected chi connectivity index (χ1v) is 5.32. The first-order valence-electron chi connectivity index (χ1n) is 5.32. The second-order valence-electron chi connectivity index (χ2n) is 5.29. The number of hydrogen-bond acceptors (Lipinski definition) is 2. The smallest absolute Gasteiger partial charge is 0.168 e. The molecular formula is C12H18O2. The summed E-state index contributed by atoms with van der Waals surface area (Å²) in [4.78, 5) is 12.0. The van der Waals surface area contributed by atoms with Gasteiger partial charge in [-0.1, -0.05) is 19.9 Å². The lowest BCUT2D eigenvalue weighted by Crippen LogP contribution is -2.43. The molecule has 2 rings (SSSR count). The van der Waals surface area contributed by atoms with Crippen LogP contribution >= 0.6 is 0 Å². The van der Waals surface area contributed by atoms with Crippen molar-refractivity contribution >= 4 is 5.78 Å². The molecule has 3 atom stereocenters. The number of carbonyl (C=O) groups excluding carboxylic acids is 1. The molecule has 0 radical (unpaired) electrons. The molecule has 1 N–H and O–H groups in total. The zero-order valence-corrected chi connectivity index (χ0v) is 8.92. The molecule has 2 heteroatoms. The number of rotatable bonds is 2. The Hall–Kier alpha value is -0.630. The summed E-state index contributed by atoms with van der Waals surface area (Å²) in [5, 5.41) is 10.4. The molecule has 2 aliphatic carbocycles. The number of ketones is 1. The first-order chi connectivity index (χ1) is 6.44. The Morgan fingerprint density at radius 2 is 2.21 bits per heavy atom. The van der Waals surface area contributed by atoms with Gasteiger partial charge in [0.05, 0.1) is 0 Å². The lowest BCUT2D eigenvalue weighted by Gasteiger charge is -2.32. The van der Waals surface area contributed by atoms with Gasteiger partial charge in [-0.2, -0.15) is 0 Å². The van der Waals surface area contributed by atoms with Crippen LogP contribution < -0.4 is 0 Å². The summed E-state index contributed by atoms with van der Waals surface area (Å²) in [5.74, 6) is 0.251. The van der Waals surface area contributed by atoms with E-state index < -0.39 is 5.60 Å². The van der Waals surface area contributed by atoms with Crippen LogP contribution in [0.25, 0.3) is 0 Å². The van der Waals surface area contributed by atoms with E-state index in [0.717, 1.165) is 12.8 Å². The van der Waals surface area contributed by atoms with Gasteiger partial charge in [-0.3, -0.25) is 4.79 Å². The van der Waals surface area contributed by atoms with Crippen LogP contribution in [0.3, 0.4) is 0 Å². The van der Waals surface area contributed by atoms with Crippen molar-refractivity contribution < 1.29 is 9.90 Å². The van der Waals surface area contributed by atoms with Crippen molar-refractivity contribution in [2.24, 2.45) is 17.3 Å². The fourth-order valence-corrected chi connectivity index (χ4v) is 3.58. The third kappa shape index (κ3) is 0.924. The lowest BCUT2D eigenvalue weighted by atomic mass is 9.76. The number of Topliss-reactive ketones (excluding diaryl/α,β-unsaturated/α-hetero) is 1. The van der Waals surface area contributed by atoms with Crippen LogP contribution in [0.1, 0.15) is 33.1 Å². The molecule has 2 fully saturated rings. The van der Waals surface area contributed by atoms with Crippen LogP contribution in [0.5, 0.6) is 0 Å². The molecule has 0 heterocycles. The van der Waals surface area contributed by atoms with Crippen molar-refractivity contribution in [2.75, 3.05) is 0 Å². The molecule has 0 amide bonds. The van der Waals surface area contributed by atoms with Crippen LogP contribution in [0.2, 0.25) is 0 Å². The molecule has 0 aromatic carbocycles. The van der Waals surface area contributed by atoms with Gasteiger partial charge in [-0.15, -0.1) is 6.58 Å². The van der Waals surface area contributed by atoms with Crippen LogP contribution in [-0.2, 0) is 4.79 Å². The third-order valence-electron chi connectivity index (χ3n) is 4.32. The van der Waals surface area contributed by atoms with Crippen LogP contribution in [0.4, 0.5) is 0 Å². The molecule has 0 aliphatic heterocycles. The number of carbonyl (C=O) groups is 1. The number of hydrogen-bond donors (Lipinski definition) is 1. The highest BCUT2D eigenvalue weighted by atomic mass is 16.3. The minimum absolute atomic E-state index is 0.0190. The summed E-state index contributed by atoms with van der Waals surface area (Å²) in [6.45, 7) is 7.83. The van der Waals surface area contributed by atoms with Gasteiger partial charge in [0, 0.05) is 18.3 Å². The predicted octanol–water partition coefficient (Wildman–Crippen LogP) is 1.93. The van der Waals surface area contributed by atoms with Crippen LogP contribution in [0.15, 0.2) is 12.7 Å². The average Bonchev–Trinajstić information content (AvgIpc) is 2.44. The maximum Gasteiger partial charge on any atom is 0.168 e. The van der Waals surface area contributed by atoms with E-state index in [9.17, 15) is 9.90 Å². The molecule has 0 aromatic rings. The van der Waals surface area contributed by atoms with E-state index in [0.29, 0.717) is 6.42 Å². The molecule has 2 saturated carbocycles. The quantitative estimate of drug-likeness (QED) is 0.682. The molecule has 2 nitrogen and oxygen atoms in total. The molecule has 0 unspecified atom stereocenters. The molecule has 0 aromatic heterocycles. The monoisotopic (exact) mass is 194 g/mol. The summed E-state index contributed by atoms with van der Waals surface area (Å²) >= 11 is 0. The molecule has 0 spiro atoms. The summed E-state index contributed by atoms with van der Waals surface area (Å²) in [5.41, 5.74) is -1.12. The lowest BCUT2D eigenvalue weighted by molar-refractivity contribution is -0.141. The number of fused-ring (bicyclic) bond motifs is 2. The molecule has 2 bridgehead atoms. The van der Waals surface area contributed by atoms with E-state index in [4.69, 9.17) is 0 Å². The Kier molecular flexibility index (Phi) is 1.91. The van der Waals surface area contributed by atoms with Gasteiger partial charge in [0.1, 0.15) is 5.60 Å². The maximum atomic E-state index is 12.0. The Labute approximate surface area is 85.0 Å². The Bertz CT molecular complexity index is 293. The summed E-state index contributed by atoms with van der Waals surface area (Å²) < 4.78 is 0.